The molecule has 0 spiro atoms. The van der Waals surface area contributed by atoms with Crippen molar-refractivity contribution in [2.45, 2.75) is 32.3 Å². The molecular formula is C20H30N2O5. The second kappa shape index (κ2) is 10.8. The van der Waals surface area contributed by atoms with Gasteiger partial charge in [-0.25, -0.2) is 0 Å². The highest BCUT2D eigenvalue weighted by Gasteiger charge is 2.29. The van der Waals surface area contributed by atoms with Gasteiger partial charge in [0.25, 0.3) is 5.91 Å². The van der Waals surface area contributed by atoms with Gasteiger partial charge in [0.1, 0.15) is 11.5 Å². The third-order valence-electron chi connectivity index (χ3n) is 4.72. The Labute approximate surface area is 161 Å². The number of methoxy groups -OCH3 is 2. The van der Waals surface area contributed by atoms with Gasteiger partial charge in [0, 0.05) is 39.3 Å². The third kappa shape index (κ3) is 6.43. The van der Waals surface area contributed by atoms with Gasteiger partial charge in [0.15, 0.2) is 6.10 Å². The van der Waals surface area contributed by atoms with E-state index >= 15 is 0 Å². The molecule has 1 aliphatic rings. The van der Waals surface area contributed by atoms with E-state index in [2.05, 4.69) is 5.32 Å². The molecule has 1 fully saturated rings. The summed E-state index contributed by atoms with van der Waals surface area (Å²) in [6.07, 6.45) is 1.59. The number of carbonyl (C=O) groups excluding carboxylic acids is 2. The van der Waals surface area contributed by atoms with E-state index in [9.17, 15) is 9.59 Å². The summed E-state index contributed by atoms with van der Waals surface area (Å²) in [5, 5.41) is 2.94. The van der Waals surface area contributed by atoms with E-state index < -0.39 is 6.10 Å². The zero-order valence-corrected chi connectivity index (χ0v) is 16.4. The van der Waals surface area contributed by atoms with E-state index in [-0.39, 0.29) is 17.7 Å². The van der Waals surface area contributed by atoms with Crippen molar-refractivity contribution in [2.75, 3.05) is 40.5 Å². The van der Waals surface area contributed by atoms with Crippen LogP contribution in [0.25, 0.3) is 0 Å². The summed E-state index contributed by atoms with van der Waals surface area (Å²) in [5.74, 6) is 1.35. The molecule has 7 heteroatoms. The van der Waals surface area contributed by atoms with Gasteiger partial charge in [0.2, 0.25) is 5.91 Å². The van der Waals surface area contributed by atoms with Crippen molar-refractivity contribution in [3.63, 3.8) is 0 Å². The van der Waals surface area contributed by atoms with Crippen LogP contribution in [0.15, 0.2) is 24.3 Å². The second-order valence-corrected chi connectivity index (χ2v) is 6.67. The van der Waals surface area contributed by atoms with Crippen LogP contribution in [0.1, 0.15) is 26.2 Å². The van der Waals surface area contributed by atoms with Gasteiger partial charge in [-0.3, -0.25) is 9.59 Å². The van der Waals surface area contributed by atoms with Crippen LogP contribution in [-0.2, 0) is 14.3 Å². The molecule has 1 aromatic rings. The van der Waals surface area contributed by atoms with Gasteiger partial charge in [0.05, 0.1) is 7.11 Å². The minimum atomic E-state index is -0.571. The number of likely N-dealkylation sites (tertiary alicyclic amines) is 1. The molecule has 0 saturated carbocycles. The maximum Gasteiger partial charge on any atom is 0.263 e. The first kappa shape index (κ1) is 21.0. The minimum absolute atomic E-state index is 0.0330. The van der Waals surface area contributed by atoms with E-state index in [1.54, 1.807) is 50.3 Å². The van der Waals surface area contributed by atoms with Gasteiger partial charge in [-0.2, -0.15) is 0 Å². The normalized spacial score (nSPS) is 15.9. The van der Waals surface area contributed by atoms with E-state index in [0.717, 1.165) is 12.2 Å². The predicted octanol–water partition coefficient (Wildman–Crippen LogP) is 1.85. The van der Waals surface area contributed by atoms with E-state index in [0.29, 0.717) is 44.8 Å². The van der Waals surface area contributed by atoms with Crippen LogP contribution in [-0.4, -0.2) is 63.3 Å². The zero-order chi connectivity index (χ0) is 19.6. The molecular weight excluding hydrogens is 348 g/mol. The fourth-order valence-electron chi connectivity index (χ4n) is 3.10. The Morgan fingerprint density at radius 2 is 1.78 bits per heavy atom. The highest BCUT2D eigenvalue weighted by Crippen LogP contribution is 2.21. The van der Waals surface area contributed by atoms with Crippen molar-refractivity contribution in [1.82, 2.24) is 10.2 Å². The van der Waals surface area contributed by atoms with Crippen LogP contribution in [0.5, 0.6) is 11.5 Å². The summed E-state index contributed by atoms with van der Waals surface area (Å²) in [5.41, 5.74) is 0. The maximum absolute atomic E-state index is 12.6. The number of amides is 2. The Hall–Kier alpha value is -2.28. The fraction of sp³-hybridized carbons (Fsp3) is 0.600. The number of hydrogen-bond donors (Lipinski definition) is 1. The first-order chi connectivity index (χ1) is 13.0. The molecule has 2 rings (SSSR count). The molecule has 1 N–H and O–H groups in total. The first-order valence-electron chi connectivity index (χ1n) is 9.41. The molecule has 0 aliphatic carbocycles. The number of piperidine rings is 1. The summed E-state index contributed by atoms with van der Waals surface area (Å²) in [6.45, 7) is 4.16. The summed E-state index contributed by atoms with van der Waals surface area (Å²) in [4.78, 5) is 26.6. The number of nitrogens with zero attached hydrogens (tertiary/aromatic N) is 1. The van der Waals surface area contributed by atoms with Gasteiger partial charge in [-0.15, -0.1) is 0 Å². The van der Waals surface area contributed by atoms with Gasteiger partial charge in [-0.05, 0) is 50.5 Å². The average molecular weight is 378 g/mol. The summed E-state index contributed by atoms with van der Waals surface area (Å²) >= 11 is 0. The highest BCUT2D eigenvalue weighted by atomic mass is 16.5. The van der Waals surface area contributed by atoms with Crippen molar-refractivity contribution in [2.24, 2.45) is 5.92 Å². The largest absolute Gasteiger partial charge is 0.497 e. The summed E-state index contributed by atoms with van der Waals surface area (Å²) < 4.78 is 15.8. The van der Waals surface area contributed by atoms with E-state index in [1.807, 2.05) is 0 Å². The van der Waals surface area contributed by atoms with Crippen LogP contribution in [0.3, 0.4) is 0 Å². The standard InChI is InChI=1S/C20H30N2O5/c1-15(27-18-7-5-17(26-3)6-8-18)20(24)22-12-9-16(10-13-22)19(23)21-11-4-14-25-2/h5-8,15-16H,4,9-14H2,1-3H3,(H,21,23). The topological polar surface area (TPSA) is 77.1 Å². The van der Waals surface area contributed by atoms with Gasteiger partial charge < -0.3 is 24.4 Å². The van der Waals surface area contributed by atoms with Crippen LogP contribution in [0.2, 0.25) is 0 Å². The number of hydrogen-bond acceptors (Lipinski definition) is 5. The van der Waals surface area contributed by atoms with E-state index in [1.165, 1.54) is 0 Å². The molecule has 1 aromatic carbocycles. The van der Waals surface area contributed by atoms with Crippen molar-refractivity contribution in [1.29, 1.82) is 0 Å². The van der Waals surface area contributed by atoms with Crippen LogP contribution >= 0.6 is 0 Å². The summed E-state index contributed by atoms with van der Waals surface area (Å²) in [6, 6.07) is 7.15. The highest BCUT2D eigenvalue weighted by molar-refractivity contribution is 5.82. The lowest BCUT2D eigenvalue weighted by molar-refractivity contribution is -0.141. The quantitative estimate of drug-likeness (QED) is 0.664. The second-order valence-electron chi connectivity index (χ2n) is 6.67. The van der Waals surface area contributed by atoms with Crippen molar-refractivity contribution >= 4 is 11.8 Å². The lowest BCUT2D eigenvalue weighted by Crippen LogP contribution is -2.47. The zero-order valence-electron chi connectivity index (χ0n) is 16.4. The molecule has 7 nitrogen and oxygen atoms in total. The first-order valence-corrected chi connectivity index (χ1v) is 9.41. The number of nitrogens with one attached hydrogen (secondary N) is 1. The number of benzene rings is 1. The molecule has 1 aliphatic heterocycles. The van der Waals surface area contributed by atoms with Crippen molar-refractivity contribution < 1.29 is 23.8 Å². The molecule has 1 atom stereocenters. The van der Waals surface area contributed by atoms with Crippen LogP contribution in [0, 0.1) is 5.92 Å². The molecule has 1 saturated heterocycles. The fourth-order valence-corrected chi connectivity index (χ4v) is 3.10. The molecule has 0 radical (unpaired) electrons. The molecule has 2 amide bonds. The Kier molecular flexibility index (Phi) is 8.39. The van der Waals surface area contributed by atoms with Crippen molar-refractivity contribution in [3.05, 3.63) is 24.3 Å². The summed E-state index contributed by atoms with van der Waals surface area (Å²) in [7, 11) is 3.25. The third-order valence-corrected chi connectivity index (χ3v) is 4.72. The number of ether oxygens (including phenoxy) is 3. The average Bonchev–Trinajstić information content (AvgIpc) is 2.71. The molecule has 1 heterocycles. The monoisotopic (exact) mass is 378 g/mol. The predicted molar refractivity (Wildman–Crippen MR) is 102 cm³/mol. The SMILES string of the molecule is COCCCNC(=O)C1CCN(C(=O)C(C)Oc2ccc(OC)cc2)CC1. The Morgan fingerprint density at radius 3 is 2.37 bits per heavy atom. The van der Waals surface area contributed by atoms with Crippen LogP contribution < -0.4 is 14.8 Å². The Bertz CT molecular complexity index is 597. The Morgan fingerprint density at radius 1 is 1.15 bits per heavy atom. The maximum atomic E-state index is 12.6. The molecule has 150 valence electrons. The smallest absolute Gasteiger partial charge is 0.263 e. The van der Waals surface area contributed by atoms with E-state index in [4.69, 9.17) is 14.2 Å². The van der Waals surface area contributed by atoms with Crippen LogP contribution in [0.4, 0.5) is 0 Å². The number of rotatable bonds is 9. The lowest BCUT2D eigenvalue weighted by Gasteiger charge is -2.33. The molecule has 27 heavy (non-hydrogen) atoms. The van der Waals surface area contributed by atoms with Gasteiger partial charge >= 0.3 is 0 Å². The van der Waals surface area contributed by atoms with Gasteiger partial charge in [-0.1, -0.05) is 0 Å². The van der Waals surface area contributed by atoms with Crippen molar-refractivity contribution in [3.8, 4) is 11.5 Å². The Balaban J connectivity index is 1.75. The molecule has 0 bridgehead atoms. The minimum Gasteiger partial charge on any atom is -0.497 e. The molecule has 1 unspecified atom stereocenters. The lowest BCUT2D eigenvalue weighted by atomic mass is 9.95. The number of carbonyl (C=O) groups is 2. The molecule has 0 aromatic heterocycles.